The van der Waals surface area contributed by atoms with Crippen molar-refractivity contribution in [2.75, 3.05) is 6.61 Å². The fourth-order valence-electron chi connectivity index (χ4n) is 1.26. The molecule has 1 saturated heterocycles. The first-order valence-electron chi connectivity index (χ1n) is 3.96. The summed E-state index contributed by atoms with van der Waals surface area (Å²) in [6.45, 7) is -0.0508. The lowest BCUT2D eigenvalue weighted by molar-refractivity contribution is -0.267. The molecule has 0 saturated carbocycles. The molecule has 1 heterocycles. The largest absolute Gasteiger partial charge is 0.425 e. The molecule has 7 heteroatoms. The summed E-state index contributed by atoms with van der Waals surface area (Å²) in [7, 11) is 0. The van der Waals surface area contributed by atoms with E-state index in [9.17, 15) is 26.3 Å². The highest BCUT2D eigenvalue weighted by atomic mass is 19.4. The maximum Gasteiger partial charge on any atom is 0.425 e. The molecule has 0 radical (unpaired) electrons. The van der Waals surface area contributed by atoms with Gasteiger partial charge in [-0.05, 0) is 12.8 Å². The molecule has 0 spiro atoms. The van der Waals surface area contributed by atoms with Gasteiger partial charge in [0, 0.05) is 6.61 Å². The van der Waals surface area contributed by atoms with Crippen LogP contribution in [0, 0.1) is 0 Å². The van der Waals surface area contributed by atoms with Gasteiger partial charge >= 0.3 is 12.1 Å². The fourth-order valence-corrected chi connectivity index (χ4v) is 1.26. The molecular weight excluding hydrogens is 214 g/mol. The van der Waals surface area contributed by atoms with Crippen LogP contribution in [0.1, 0.15) is 12.8 Å². The van der Waals surface area contributed by atoms with Crippen LogP contribution in [0.4, 0.5) is 26.3 Å². The van der Waals surface area contributed by atoms with E-state index >= 15 is 0 Å². The zero-order valence-electron chi connectivity index (χ0n) is 6.95. The van der Waals surface area contributed by atoms with E-state index in [4.69, 9.17) is 0 Å². The average Bonchev–Trinajstić information content (AvgIpc) is 2.53. The van der Waals surface area contributed by atoms with E-state index in [0.717, 1.165) is 0 Å². The summed E-state index contributed by atoms with van der Waals surface area (Å²) in [6, 6.07) is 0. The van der Waals surface area contributed by atoms with Gasteiger partial charge in [-0.1, -0.05) is 0 Å². The highest BCUT2D eigenvalue weighted by Gasteiger charge is 2.61. The lowest BCUT2D eigenvalue weighted by atomic mass is 10.0. The third kappa shape index (κ3) is 2.13. The van der Waals surface area contributed by atoms with Gasteiger partial charge in [-0.15, -0.1) is 0 Å². The van der Waals surface area contributed by atoms with Gasteiger partial charge in [0.25, 0.3) is 6.17 Å². The minimum atomic E-state index is -5.55. The Hall–Kier alpha value is -0.460. The molecule has 1 rings (SSSR count). The Labute approximate surface area is 76.0 Å². The Morgan fingerprint density at radius 1 is 1.14 bits per heavy atom. The molecule has 0 aromatic heterocycles. The normalized spacial score (nSPS) is 26.6. The summed E-state index contributed by atoms with van der Waals surface area (Å²) >= 11 is 0. The number of rotatable bonds is 2. The summed E-state index contributed by atoms with van der Waals surface area (Å²) in [5.74, 6) is -4.49. The smallest absolute Gasteiger partial charge is 0.372 e. The molecule has 14 heavy (non-hydrogen) atoms. The van der Waals surface area contributed by atoms with Crippen molar-refractivity contribution in [1.29, 1.82) is 0 Å². The molecule has 0 unspecified atom stereocenters. The van der Waals surface area contributed by atoms with Crippen LogP contribution in [0.25, 0.3) is 0 Å². The predicted octanol–water partition coefficient (Wildman–Crippen LogP) is 2.70. The van der Waals surface area contributed by atoms with Gasteiger partial charge in [0.05, 0.1) is 0 Å². The van der Waals surface area contributed by atoms with Gasteiger partial charge in [-0.25, -0.2) is 13.2 Å². The molecule has 0 aromatic rings. The standard InChI is InChI=1S/C7H8F6O/c8-5(7(11,12)13)6(9,10)4-2-1-3-14-4/h4-5H,1-3H2/t4-,5-/m1/s1. The van der Waals surface area contributed by atoms with E-state index < -0.39 is 24.4 Å². The Bertz CT molecular complexity index is 195. The number of ether oxygens (including phenoxy) is 1. The Balaban J connectivity index is 2.72. The van der Waals surface area contributed by atoms with E-state index in [2.05, 4.69) is 4.74 Å². The molecule has 1 nitrogen and oxygen atoms in total. The van der Waals surface area contributed by atoms with Crippen molar-refractivity contribution in [3.63, 3.8) is 0 Å². The zero-order valence-corrected chi connectivity index (χ0v) is 6.95. The minimum Gasteiger partial charge on any atom is -0.372 e. The quantitative estimate of drug-likeness (QED) is 0.652. The molecule has 2 atom stereocenters. The molecule has 0 aliphatic carbocycles. The van der Waals surface area contributed by atoms with E-state index in [1.54, 1.807) is 0 Å². The summed E-state index contributed by atoms with van der Waals surface area (Å²) in [6.07, 6.45) is -11.7. The first kappa shape index (κ1) is 11.6. The van der Waals surface area contributed by atoms with Crippen LogP contribution in [-0.2, 0) is 4.74 Å². The fraction of sp³-hybridized carbons (Fsp3) is 1.00. The second-order valence-electron chi connectivity index (χ2n) is 3.08. The second-order valence-corrected chi connectivity index (χ2v) is 3.08. The third-order valence-corrected chi connectivity index (χ3v) is 1.98. The topological polar surface area (TPSA) is 9.23 Å². The van der Waals surface area contributed by atoms with Crippen LogP contribution in [0.3, 0.4) is 0 Å². The Morgan fingerprint density at radius 3 is 2.07 bits per heavy atom. The Morgan fingerprint density at radius 2 is 1.71 bits per heavy atom. The highest BCUT2D eigenvalue weighted by molar-refractivity contribution is 4.91. The van der Waals surface area contributed by atoms with Crippen molar-refractivity contribution < 1.29 is 31.1 Å². The van der Waals surface area contributed by atoms with Crippen molar-refractivity contribution in [2.24, 2.45) is 0 Å². The lowest BCUT2D eigenvalue weighted by Gasteiger charge is -2.26. The van der Waals surface area contributed by atoms with Crippen LogP contribution < -0.4 is 0 Å². The van der Waals surface area contributed by atoms with Crippen LogP contribution in [0.5, 0.6) is 0 Å². The van der Waals surface area contributed by atoms with Crippen molar-refractivity contribution in [3.8, 4) is 0 Å². The average molecular weight is 222 g/mol. The maximum absolute atomic E-state index is 12.8. The molecule has 1 fully saturated rings. The molecule has 0 amide bonds. The monoisotopic (exact) mass is 222 g/mol. The Kier molecular flexibility index (Phi) is 2.99. The van der Waals surface area contributed by atoms with Gasteiger partial charge in [0.15, 0.2) is 0 Å². The molecular formula is C7H8F6O. The molecule has 0 aromatic carbocycles. The van der Waals surface area contributed by atoms with Gasteiger partial charge in [0.1, 0.15) is 6.10 Å². The van der Waals surface area contributed by atoms with Gasteiger partial charge in [-0.3, -0.25) is 0 Å². The van der Waals surface area contributed by atoms with Crippen molar-refractivity contribution in [1.82, 2.24) is 0 Å². The second kappa shape index (κ2) is 3.60. The van der Waals surface area contributed by atoms with Gasteiger partial charge in [0.2, 0.25) is 0 Å². The van der Waals surface area contributed by atoms with E-state index in [-0.39, 0.29) is 19.4 Å². The third-order valence-electron chi connectivity index (χ3n) is 1.98. The molecule has 84 valence electrons. The van der Waals surface area contributed by atoms with E-state index in [0.29, 0.717) is 0 Å². The lowest BCUT2D eigenvalue weighted by Crippen LogP contribution is -2.49. The number of hydrogen-bond donors (Lipinski definition) is 0. The summed E-state index contributed by atoms with van der Waals surface area (Å²) < 4.78 is 77.4. The first-order chi connectivity index (χ1) is 6.26. The van der Waals surface area contributed by atoms with Crippen molar-refractivity contribution in [3.05, 3.63) is 0 Å². The first-order valence-corrected chi connectivity index (χ1v) is 3.96. The van der Waals surface area contributed by atoms with Crippen molar-refractivity contribution in [2.45, 2.75) is 37.2 Å². The van der Waals surface area contributed by atoms with Crippen molar-refractivity contribution >= 4 is 0 Å². The number of alkyl halides is 6. The molecule has 1 aliphatic rings. The zero-order chi connectivity index (χ0) is 11.0. The SMILES string of the molecule is F[C@@H](C(F)(F)F)C(F)(F)[C@H]1CCCO1. The van der Waals surface area contributed by atoms with Gasteiger partial charge < -0.3 is 4.74 Å². The summed E-state index contributed by atoms with van der Waals surface area (Å²) in [5.41, 5.74) is 0. The summed E-state index contributed by atoms with van der Waals surface area (Å²) in [5, 5.41) is 0. The van der Waals surface area contributed by atoms with Crippen LogP contribution in [-0.4, -0.2) is 31.0 Å². The number of halogens is 6. The van der Waals surface area contributed by atoms with E-state index in [1.165, 1.54) is 0 Å². The van der Waals surface area contributed by atoms with Crippen LogP contribution in [0.15, 0.2) is 0 Å². The number of hydrogen-bond acceptors (Lipinski definition) is 1. The minimum absolute atomic E-state index is 0.0508. The predicted molar refractivity (Wildman–Crippen MR) is 34.9 cm³/mol. The molecule has 1 aliphatic heterocycles. The molecule has 0 N–H and O–H groups in total. The highest BCUT2D eigenvalue weighted by Crippen LogP contribution is 2.40. The maximum atomic E-state index is 12.8. The summed E-state index contributed by atoms with van der Waals surface area (Å²) in [4.78, 5) is 0. The molecule has 0 bridgehead atoms. The van der Waals surface area contributed by atoms with E-state index in [1.807, 2.05) is 0 Å². The van der Waals surface area contributed by atoms with Crippen LogP contribution >= 0.6 is 0 Å². The van der Waals surface area contributed by atoms with Gasteiger partial charge in [-0.2, -0.15) is 13.2 Å². The van der Waals surface area contributed by atoms with Crippen LogP contribution in [0.2, 0.25) is 0 Å².